The molecule has 0 atom stereocenters. The summed E-state index contributed by atoms with van der Waals surface area (Å²) in [5.41, 5.74) is 4.12. The molecule has 0 aliphatic carbocycles. The number of imidazole rings is 1. The molecule has 0 saturated carbocycles. The van der Waals surface area contributed by atoms with Crippen molar-refractivity contribution in [2.24, 2.45) is 0 Å². The van der Waals surface area contributed by atoms with Crippen LogP contribution in [-0.4, -0.2) is 34.5 Å². The van der Waals surface area contributed by atoms with E-state index in [2.05, 4.69) is 38.9 Å². The molecule has 2 aromatic carbocycles. The van der Waals surface area contributed by atoms with E-state index >= 15 is 0 Å². The summed E-state index contributed by atoms with van der Waals surface area (Å²) in [4.78, 5) is 18.4. The van der Waals surface area contributed by atoms with Gasteiger partial charge < -0.3 is 5.32 Å². The maximum absolute atomic E-state index is 11.6. The topological polar surface area (TPSA) is 50.2 Å². The lowest BCUT2D eigenvalue weighted by molar-refractivity contribution is 0.0963. The largest absolute Gasteiger partial charge is 0.355 e. The lowest BCUT2D eigenvalue weighted by atomic mass is 10.1. The summed E-state index contributed by atoms with van der Waals surface area (Å²) in [6, 6.07) is 18.0. The van der Waals surface area contributed by atoms with Gasteiger partial charge in [0.15, 0.2) is 0 Å². The molecule has 134 valence electrons. The fourth-order valence-electron chi connectivity index (χ4n) is 3.08. The Morgan fingerprint density at radius 2 is 1.77 bits per heavy atom. The monoisotopic (exact) mass is 348 g/mol. The minimum atomic E-state index is -0.0628. The average molecular weight is 348 g/mol. The molecule has 0 spiro atoms. The summed E-state index contributed by atoms with van der Waals surface area (Å²) in [6.07, 6.45) is 1.94. The quantitative estimate of drug-likeness (QED) is 0.744. The fraction of sp³-hybridized carbons (Fsp3) is 0.238. The van der Waals surface area contributed by atoms with Gasteiger partial charge in [-0.15, -0.1) is 0 Å². The molecule has 0 aliphatic heterocycles. The van der Waals surface area contributed by atoms with Crippen LogP contribution >= 0.6 is 0 Å². The fourth-order valence-corrected chi connectivity index (χ4v) is 3.08. The van der Waals surface area contributed by atoms with Crippen molar-refractivity contribution in [3.05, 3.63) is 83.4 Å². The highest BCUT2D eigenvalue weighted by Gasteiger charge is 2.11. The number of amides is 1. The molecule has 1 heterocycles. The molecule has 3 aromatic rings. The first kappa shape index (κ1) is 17.9. The zero-order valence-corrected chi connectivity index (χ0v) is 15.4. The second kappa shape index (κ2) is 7.97. The van der Waals surface area contributed by atoms with Gasteiger partial charge in [0.2, 0.25) is 0 Å². The van der Waals surface area contributed by atoms with Crippen LogP contribution in [0.5, 0.6) is 0 Å². The van der Waals surface area contributed by atoms with E-state index in [1.807, 2.05) is 55.6 Å². The minimum Gasteiger partial charge on any atom is -0.355 e. The molecule has 0 saturated heterocycles. The number of carbonyl (C=O) groups excluding carboxylic acids is 1. The standard InChI is InChI=1S/C21H24N4O/c1-16-23-13-20(25(16)19-7-5-4-6-8-19)15-24(3)14-17-9-11-18(12-10-17)21(26)22-2/h4-13H,14-15H2,1-3H3,(H,22,26). The molecule has 0 unspecified atom stereocenters. The van der Waals surface area contributed by atoms with Gasteiger partial charge in [-0.2, -0.15) is 0 Å². The van der Waals surface area contributed by atoms with Crippen molar-refractivity contribution in [3.8, 4) is 5.69 Å². The van der Waals surface area contributed by atoms with Crippen molar-refractivity contribution in [2.45, 2.75) is 20.0 Å². The summed E-state index contributed by atoms with van der Waals surface area (Å²) in [5, 5.41) is 2.64. The Morgan fingerprint density at radius 3 is 2.42 bits per heavy atom. The Balaban J connectivity index is 1.71. The van der Waals surface area contributed by atoms with Gasteiger partial charge in [0.25, 0.3) is 5.91 Å². The number of nitrogens with zero attached hydrogens (tertiary/aromatic N) is 3. The molecule has 0 radical (unpaired) electrons. The Bertz CT molecular complexity index is 869. The predicted octanol–water partition coefficient (Wildman–Crippen LogP) is 3.17. The zero-order chi connectivity index (χ0) is 18.5. The van der Waals surface area contributed by atoms with E-state index in [0.29, 0.717) is 5.56 Å². The molecule has 5 nitrogen and oxygen atoms in total. The second-order valence-electron chi connectivity index (χ2n) is 6.42. The Morgan fingerprint density at radius 1 is 1.08 bits per heavy atom. The number of aromatic nitrogens is 2. The van der Waals surface area contributed by atoms with Crippen LogP contribution < -0.4 is 5.32 Å². The maximum atomic E-state index is 11.6. The average Bonchev–Trinajstić information content (AvgIpc) is 3.02. The third kappa shape index (κ3) is 4.00. The summed E-state index contributed by atoms with van der Waals surface area (Å²) in [6.45, 7) is 3.61. The number of aryl methyl sites for hydroxylation is 1. The third-order valence-electron chi connectivity index (χ3n) is 4.35. The van der Waals surface area contributed by atoms with E-state index in [1.165, 1.54) is 5.56 Å². The summed E-state index contributed by atoms with van der Waals surface area (Å²) in [5.74, 6) is 0.918. The second-order valence-corrected chi connectivity index (χ2v) is 6.42. The minimum absolute atomic E-state index is 0.0628. The van der Waals surface area contributed by atoms with Crippen LogP contribution in [0, 0.1) is 6.92 Å². The molecule has 0 bridgehead atoms. The van der Waals surface area contributed by atoms with E-state index in [9.17, 15) is 4.79 Å². The maximum Gasteiger partial charge on any atom is 0.251 e. The van der Waals surface area contributed by atoms with Crippen LogP contribution in [0.15, 0.2) is 60.8 Å². The van der Waals surface area contributed by atoms with Gasteiger partial charge in [-0.25, -0.2) is 4.98 Å². The van der Waals surface area contributed by atoms with Crippen molar-refractivity contribution in [1.29, 1.82) is 0 Å². The predicted molar refractivity (Wildman–Crippen MR) is 103 cm³/mol. The Labute approximate surface area is 154 Å². The Hall–Kier alpha value is -2.92. The van der Waals surface area contributed by atoms with Crippen molar-refractivity contribution in [3.63, 3.8) is 0 Å². The van der Waals surface area contributed by atoms with Crippen molar-refractivity contribution in [2.75, 3.05) is 14.1 Å². The number of hydrogen-bond donors (Lipinski definition) is 1. The van der Waals surface area contributed by atoms with Crippen LogP contribution in [0.3, 0.4) is 0 Å². The van der Waals surface area contributed by atoms with Crippen LogP contribution in [0.25, 0.3) is 5.69 Å². The van der Waals surface area contributed by atoms with Gasteiger partial charge >= 0.3 is 0 Å². The lowest BCUT2D eigenvalue weighted by Crippen LogP contribution is -2.20. The van der Waals surface area contributed by atoms with Gasteiger partial charge in [-0.05, 0) is 43.8 Å². The molecular weight excluding hydrogens is 324 g/mol. The normalized spacial score (nSPS) is 10.9. The van der Waals surface area contributed by atoms with Gasteiger partial charge in [-0.3, -0.25) is 14.3 Å². The van der Waals surface area contributed by atoms with Crippen molar-refractivity contribution >= 4 is 5.91 Å². The number of rotatable bonds is 6. The molecule has 26 heavy (non-hydrogen) atoms. The highest BCUT2D eigenvalue weighted by atomic mass is 16.1. The van der Waals surface area contributed by atoms with E-state index < -0.39 is 0 Å². The summed E-state index contributed by atoms with van der Waals surface area (Å²) < 4.78 is 2.19. The summed E-state index contributed by atoms with van der Waals surface area (Å²) >= 11 is 0. The van der Waals surface area contributed by atoms with Crippen molar-refractivity contribution < 1.29 is 4.79 Å². The van der Waals surface area contributed by atoms with Crippen LogP contribution in [0.2, 0.25) is 0 Å². The molecule has 0 fully saturated rings. The SMILES string of the molecule is CNC(=O)c1ccc(CN(C)Cc2cnc(C)n2-c2ccccc2)cc1. The lowest BCUT2D eigenvalue weighted by Gasteiger charge is -2.18. The van der Waals surface area contributed by atoms with E-state index in [1.54, 1.807) is 7.05 Å². The number of hydrogen-bond acceptors (Lipinski definition) is 3. The third-order valence-corrected chi connectivity index (χ3v) is 4.35. The first-order valence-electron chi connectivity index (χ1n) is 8.66. The van der Waals surface area contributed by atoms with Crippen LogP contribution in [0.4, 0.5) is 0 Å². The highest BCUT2D eigenvalue weighted by molar-refractivity contribution is 5.93. The molecule has 1 N–H and O–H groups in total. The zero-order valence-electron chi connectivity index (χ0n) is 15.4. The van der Waals surface area contributed by atoms with Gasteiger partial charge in [-0.1, -0.05) is 30.3 Å². The van der Waals surface area contributed by atoms with E-state index in [4.69, 9.17) is 0 Å². The Kier molecular flexibility index (Phi) is 5.49. The van der Waals surface area contributed by atoms with Gasteiger partial charge in [0.1, 0.15) is 5.82 Å². The van der Waals surface area contributed by atoms with Crippen LogP contribution in [-0.2, 0) is 13.1 Å². The van der Waals surface area contributed by atoms with E-state index in [-0.39, 0.29) is 5.91 Å². The highest BCUT2D eigenvalue weighted by Crippen LogP contribution is 2.17. The van der Waals surface area contributed by atoms with Crippen molar-refractivity contribution in [1.82, 2.24) is 19.8 Å². The number of nitrogens with one attached hydrogen (secondary N) is 1. The van der Waals surface area contributed by atoms with Crippen LogP contribution in [0.1, 0.15) is 27.4 Å². The number of carbonyl (C=O) groups is 1. The van der Waals surface area contributed by atoms with Gasteiger partial charge in [0, 0.05) is 31.4 Å². The summed E-state index contributed by atoms with van der Waals surface area (Å²) in [7, 11) is 3.73. The van der Waals surface area contributed by atoms with Gasteiger partial charge in [0.05, 0.1) is 11.9 Å². The smallest absolute Gasteiger partial charge is 0.251 e. The molecule has 3 rings (SSSR count). The molecule has 0 aliphatic rings. The molecular formula is C21H24N4O. The number of para-hydroxylation sites is 1. The van der Waals surface area contributed by atoms with E-state index in [0.717, 1.165) is 30.3 Å². The molecule has 1 aromatic heterocycles. The number of benzene rings is 2. The molecule has 5 heteroatoms. The first-order valence-corrected chi connectivity index (χ1v) is 8.66. The first-order chi connectivity index (χ1) is 12.6. The molecule has 1 amide bonds.